The van der Waals surface area contributed by atoms with Gasteiger partial charge < -0.3 is 14.8 Å². The molecule has 0 spiro atoms. The van der Waals surface area contributed by atoms with E-state index in [0.29, 0.717) is 29.4 Å². The fraction of sp³-hybridized carbons (Fsp3) is 0.160. The van der Waals surface area contributed by atoms with E-state index in [-0.39, 0.29) is 0 Å². The van der Waals surface area contributed by atoms with Gasteiger partial charge in [0.2, 0.25) is 0 Å². The number of aryl methyl sites for hydroxylation is 2. The Bertz CT molecular complexity index is 1180. The Kier molecular flexibility index (Phi) is 8.21. The van der Waals surface area contributed by atoms with Crippen LogP contribution in [0.2, 0.25) is 0 Å². The number of hydrogen-bond donors (Lipinski definition) is 2. The molecule has 3 rings (SSSR count). The molecule has 0 saturated heterocycles. The van der Waals surface area contributed by atoms with Gasteiger partial charge in [0, 0.05) is 10.2 Å². The summed E-state index contributed by atoms with van der Waals surface area (Å²) in [5.74, 6) is -0.570. The highest BCUT2D eigenvalue weighted by Gasteiger charge is 2.13. The van der Waals surface area contributed by atoms with E-state index in [2.05, 4.69) is 31.8 Å². The van der Waals surface area contributed by atoms with Crippen molar-refractivity contribution in [2.24, 2.45) is 5.10 Å². The lowest BCUT2D eigenvalue weighted by Gasteiger charge is -2.11. The molecule has 170 valence electrons. The van der Waals surface area contributed by atoms with Crippen molar-refractivity contribution in [2.45, 2.75) is 20.5 Å². The van der Waals surface area contributed by atoms with Crippen LogP contribution in [0, 0.1) is 13.8 Å². The van der Waals surface area contributed by atoms with Crippen LogP contribution in [0.5, 0.6) is 11.5 Å². The molecule has 2 N–H and O–H groups in total. The largest absolute Gasteiger partial charge is 0.493 e. The van der Waals surface area contributed by atoms with Gasteiger partial charge in [-0.25, -0.2) is 5.43 Å². The number of hydrogen-bond acceptors (Lipinski definition) is 5. The standard InChI is InChI=1S/C25H24BrN3O4/c1-16-4-10-21(12-17(16)2)28-24(30)25(31)29-27-14-19-7-11-22(23(13-19)32-3)33-15-18-5-8-20(26)9-6-18/h4-14H,15H2,1-3H3,(H,28,30)(H,29,31). The van der Waals surface area contributed by atoms with Crippen molar-refractivity contribution in [3.63, 3.8) is 0 Å². The summed E-state index contributed by atoms with van der Waals surface area (Å²) in [7, 11) is 1.54. The minimum Gasteiger partial charge on any atom is -0.493 e. The van der Waals surface area contributed by atoms with E-state index in [4.69, 9.17) is 9.47 Å². The van der Waals surface area contributed by atoms with Gasteiger partial charge >= 0.3 is 11.8 Å². The van der Waals surface area contributed by atoms with Gasteiger partial charge in [-0.05, 0) is 78.6 Å². The van der Waals surface area contributed by atoms with Gasteiger partial charge in [-0.1, -0.05) is 34.1 Å². The molecule has 0 aliphatic rings. The monoisotopic (exact) mass is 509 g/mol. The second-order valence-corrected chi connectivity index (χ2v) is 8.19. The fourth-order valence-electron chi connectivity index (χ4n) is 2.85. The number of carbonyl (C=O) groups is 2. The molecule has 7 nitrogen and oxygen atoms in total. The van der Waals surface area contributed by atoms with Crippen LogP contribution < -0.4 is 20.2 Å². The van der Waals surface area contributed by atoms with E-state index in [9.17, 15) is 9.59 Å². The van der Waals surface area contributed by atoms with Gasteiger partial charge in [0.15, 0.2) is 11.5 Å². The Balaban J connectivity index is 1.56. The topological polar surface area (TPSA) is 89.0 Å². The summed E-state index contributed by atoms with van der Waals surface area (Å²) >= 11 is 3.41. The number of amides is 2. The fourth-order valence-corrected chi connectivity index (χ4v) is 3.11. The van der Waals surface area contributed by atoms with Crippen LogP contribution in [-0.2, 0) is 16.2 Å². The van der Waals surface area contributed by atoms with Gasteiger partial charge in [0.05, 0.1) is 13.3 Å². The maximum absolute atomic E-state index is 12.1. The Hall–Kier alpha value is -3.65. The van der Waals surface area contributed by atoms with Gasteiger partial charge in [0.25, 0.3) is 0 Å². The van der Waals surface area contributed by atoms with Crippen molar-refractivity contribution >= 4 is 39.6 Å². The molecule has 0 aliphatic carbocycles. The van der Waals surface area contributed by atoms with E-state index in [1.807, 2.05) is 44.2 Å². The number of nitrogens with zero attached hydrogens (tertiary/aromatic N) is 1. The number of nitrogens with one attached hydrogen (secondary N) is 2. The third-order valence-corrected chi connectivity index (χ3v) is 5.37. The number of anilines is 1. The summed E-state index contributed by atoms with van der Waals surface area (Å²) in [6.07, 6.45) is 1.42. The van der Waals surface area contributed by atoms with Crippen LogP contribution in [0.3, 0.4) is 0 Å². The average Bonchev–Trinajstić information content (AvgIpc) is 2.81. The number of halogens is 1. The lowest BCUT2D eigenvalue weighted by atomic mass is 10.1. The first-order chi connectivity index (χ1) is 15.9. The minimum atomic E-state index is -0.870. The van der Waals surface area contributed by atoms with Gasteiger partial charge in [-0.3, -0.25) is 9.59 Å². The van der Waals surface area contributed by atoms with E-state index in [1.165, 1.54) is 6.21 Å². The SMILES string of the molecule is COc1cc(C=NNC(=O)C(=O)Nc2ccc(C)c(C)c2)ccc1OCc1ccc(Br)cc1. The Labute approximate surface area is 200 Å². The third kappa shape index (κ3) is 6.92. The number of hydrazone groups is 1. The van der Waals surface area contributed by atoms with Crippen molar-refractivity contribution < 1.29 is 19.1 Å². The molecule has 0 aromatic heterocycles. The summed E-state index contributed by atoms with van der Waals surface area (Å²) in [5.41, 5.74) is 6.57. The molecular weight excluding hydrogens is 486 g/mol. The molecule has 0 heterocycles. The zero-order valence-corrected chi connectivity index (χ0v) is 20.1. The highest BCUT2D eigenvalue weighted by atomic mass is 79.9. The Morgan fingerprint density at radius 3 is 2.39 bits per heavy atom. The van der Waals surface area contributed by atoms with Crippen LogP contribution in [0.4, 0.5) is 5.69 Å². The maximum Gasteiger partial charge on any atom is 0.329 e. The molecule has 0 saturated carbocycles. The normalized spacial score (nSPS) is 10.7. The van der Waals surface area contributed by atoms with Crippen LogP contribution in [-0.4, -0.2) is 25.1 Å². The third-order valence-electron chi connectivity index (χ3n) is 4.85. The van der Waals surface area contributed by atoms with Crippen LogP contribution in [0.25, 0.3) is 0 Å². The van der Waals surface area contributed by atoms with Crippen LogP contribution in [0.15, 0.2) is 70.2 Å². The smallest absolute Gasteiger partial charge is 0.329 e. The maximum atomic E-state index is 12.1. The summed E-state index contributed by atoms with van der Waals surface area (Å²) < 4.78 is 12.2. The summed E-state index contributed by atoms with van der Waals surface area (Å²) in [6, 6.07) is 18.5. The van der Waals surface area contributed by atoms with E-state index in [0.717, 1.165) is 21.2 Å². The molecule has 0 fully saturated rings. The lowest BCUT2D eigenvalue weighted by Crippen LogP contribution is -2.32. The molecule has 0 radical (unpaired) electrons. The summed E-state index contributed by atoms with van der Waals surface area (Å²) in [6.45, 7) is 4.29. The zero-order valence-electron chi connectivity index (χ0n) is 18.5. The number of methoxy groups -OCH3 is 1. The van der Waals surface area contributed by atoms with Crippen molar-refractivity contribution in [1.29, 1.82) is 0 Å². The minimum absolute atomic E-state index is 0.392. The van der Waals surface area contributed by atoms with Gasteiger partial charge in [0.1, 0.15) is 6.61 Å². The summed E-state index contributed by atoms with van der Waals surface area (Å²) in [5, 5.41) is 6.41. The van der Waals surface area contributed by atoms with Crippen molar-refractivity contribution in [3.8, 4) is 11.5 Å². The molecule has 3 aromatic rings. The average molecular weight is 510 g/mol. The predicted octanol–water partition coefficient (Wildman–Crippen LogP) is 4.74. The highest BCUT2D eigenvalue weighted by Crippen LogP contribution is 2.28. The molecule has 0 aliphatic heterocycles. The molecule has 0 bridgehead atoms. The molecule has 0 atom stereocenters. The number of carbonyl (C=O) groups excluding carboxylic acids is 2. The van der Waals surface area contributed by atoms with Gasteiger partial charge in [-0.15, -0.1) is 0 Å². The molecule has 2 amide bonds. The first kappa shape index (κ1) is 24.0. The molecule has 33 heavy (non-hydrogen) atoms. The second-order valence-electron chi connectivity index (χ2n) is 7.28. The zero-order chi connectivity index (χ0) is 23.8. The molecule has 3 aromatic carbocycles. The van der Waals surface area contributed by atoms with Crippen molar-refractivity contribution in [2.75, 3.05) is 12.4 Å². The van der Waals surface area contributed by atoms with Crippen LogP contribution in [0.1, 0.15) is 22.3 Å². The number of rotatable bonds is 7. The molecule has 8 heteroatoms. The van der Waals surface area contributed by atoms with Gasteiger partial charge in [-0.2, -0.15) is 5.10 Å². The van der Waals surface area contributed by atoms with Crippen LogP contribution >= 0.6 is 15.9 Å². The van der Waals surface area contributed by atoms with Crippen molar-refractivity contribution in [3.05, 3.63) is 87.4 Å². The lowest BCUT2D eigenvalue weighted by molar-refractivity contribution is -0.136. The van der Waals surface area contributed by atoms with E-state index >= 15 is 0 Å². The van der Waals surface area contributed by atoms with E-state index in [1.54, 1.807) is 37.4 Å². The Morgan fingerprint density at radius 2 is 1.70 bits per heavy atom. The first-order valence-corrected chi connectivity index (χ1v) is 10.9. The van der Waals surface area contributed by atoms with Crippen molar-refractivity contribution in [1.82, 2.24) is 5.43 Å². The predicted molar refractivity (Wildman–Crippen MR) is 132 cm³/mol. The number of benzene rings is 3. The second kappa shape index (κ2) is 11.3. The molecule has 0 unspecified atom stereocenters. The summed E-state index contributed by atoms with van der Waals surface area (Å²) in [4.78, 5) is 24.1. The first-order valence-electron chi connectivity index (χ1n) is 10.1. The van der Waals surface area contributed by atoms with E-state index < -0.39 is 11.8 Å². The molecular formula is C25H24BrN3O4. The Morgan fingerprint density at radius 1 is 0.939 bits per heavy atom. The number of ether oxygens (including phenoxy) is 2. The highest BCUT2D eigenvalue weighted by molar-refractivity contribution is 9.10. The quantitative estimate of drug-likeness (QED) is 0.273.